The zero-order chi connectivity index (χ0) is 11.5. The Morgan fingerprint density at radius 1 is 1.44 bits per heavy atom. The highest BCUT2D eigenvalue weighted by atomic mass is 15.3. The molecule has 0 aromatic carbocycles. The third-order valence-corrected chi connectivity index (χ3v) is 2.65. The third kappa shape index (κ3) is 2.08. The molecule has 0 amide bonds. The van der Waals surface area contributed by atoms with Crippen molar-refractivity contribution >= 4 is 5.95 Å². The summed E-state index contributed by atoms with van der Waals surface area (Å²) < 4.78 is 4.03. The van der Waals surface area contributed by atoms with E-state index in [2.05, 4.69) is 26.2 Å². The van der Waals surface area contributed by atoms with Crippen LogP contribution >= 0.6 is 0 Å². The van der Waals surface area contributed by atoms with Crippen molar-refractivity contribution in [1.82, 2.24) is 19.3 Å². The monoisotopic (exact) mass is 219 g/mol. The molecule has 86 valence electrons. The Morgan fingerprint density at radius 2 is 2.25 bits per heavy atom. The van der Waals surface area contributed by atoms with Crippen LogP contribution in [-0.4, -0.2) is 26.4 Å². The van der Waals surface area contributed by atoms with E-state index in [4.69, 9.17) is 0 Å². The lowest BCUT2D eigenvalue weighted by atomic mass is 10.3. The van der Waals surface area contributed by atoms with Gasteiger partial charge in [0, 0.05) is 45.1 Å². The van der Waals surface area contributed by atoms with Crippen molar-refractivity contribution < 1.29 is 0 Å². The lowest BCUT2D eigenvalue weighted by Gasteiger charge is -2.06. The lowest BCUT2D eigenvalue weighted by molar-refractivity contribution is 0.640. The maximum absolute atomic E-state index is 4.38. The van der Waals surface area contributed by atoms with Gasteiger partial charge in [0.1, 0.15) is 0 Å². The molecule has 2 rings (SSSR count). The second-order valence-electron chi connectivity index (χ2n) is 3.85. The normalized spacial score (nSPS) is 10.7. The molecule has 0 spiro atoms. The van der Waals surface area contributed by atoms with Crippen molar-refractivity contribution in [2.45, 2.75) is 19.9 Å². The second kappa shape index (κ2) is 4.38. The van der Waals surface area contributed by atoms with E-state index < -0.39 is 0 Å². The summed E-state index contributed by atoms with van der Waals surface area (Å²) in [5, 5.41) is 7.24. The molecule has 0 radical (unpaired) electrons. The standard InChI is InChI=1S/C11H17N5/c1-9-8-16(11(12-2)14-9)7-5-10-4-6-13-15(10)3/h4,6,8H,5,7H2,1-3H3,(H,12,14). The highest BCUT2D eigenvalue weighted by Gasteiger charge is 2.04. The summed E-state index contributed by atoms with van der Waals surface area (Å²) in [6.07, 6.45) is 4.84. The first-order valence-electron chi connectivity index (χ1n) is 5.39. The number of rotatable bonds is 4. The number of aromatic nitrogens is 4. The van der Waals surface area contributed by atoms with Crippen LogP contribution in [0.15, 0.2) is 18.5 Å². The maximum Gasteiger partial charge on any atom is 0.202 e. The first-order valence-corrected chi connectivity index (χ1v) is 5.39. The molecule has 1 N–H and O–H groups in total. The van der Waals surface area contributed by atoms with Gasteiger partial charge in [-0.3, -0.25) is 4.68 Å². The molecule has 2 aromatic rings. The van der Waals surface area contributed by atoms with Crippen LogP contribution in [0.2, 0.25) is 0 Å². The van der Waals surface area contributed by atoms with E-state index in [9.17, 15) is 0 Å². The number of hydrogen-bond donors (Lipinski definition) is 1. The molecule has 0 aliphatic carbocycles. The maximum atomic E-state index is 4.38. The fraction of sp³-hybridized carbons (Fsp3) is 0.455. The van der Waals surface area contributed by atoms with Crippen LogP contribution < -0.4 is 5.32 Å². The molecule has 0 bridgehead atoms. The molecule has 0 saturated heterocycles. The SMILES string of the molecule is CNc1nc(C)cn1CCc1ccnn1C. The Hall–Kier alpha value is -1.78. The van der Waals surface area contributed by atoms with Crippen LogP contribution in [0.25, 0.3) is 0 Å². The van der Waals surface area contributed by atoms with Crippen molar-refractivity contribution in [2.75, 3.05) is 12.4 Å². The molecule has 0 aliphatic rings. The Kier molecular flexibility index (Phi) is 2.94. The van der Waals surface area contributed by atoms with E-state index >= 15 is 0 Å². The van der Waals surface area contributed by atoms with Gasteiger partial charge in [-0.25, -0.2) is 4.98 Å². The summed E-state index contributed by atoms with van der Waals surface area (Å²) >= 11 is 0. The van der Waals surface area contributed by atoms with Crippen molar-refractivity contribution in [3.63, 3.8) is 0 Å². The Morgan fingerprint density at radius 3 is 2.88 bits per heavy atom. The van der Waals surface area contributed by atoms with E-state index in [0.717, 1.165) is 24.6 Å². The summed E-state index contributed by atoms with van der Waals surface area (Å²) in [6.45, 7) is 2.91. The summed E-state index contributed by atoms with van der Waals surface area (Å²) in [5.41, 5.74) is 2.27. The molecule has 16 heavy (non-hydrogen) atoms. The lowest BCUT2D eigenvalue weighted by Crippen LogP contribution is -2.07. The van der Waals surface area contributed by atoms with Crippen molar-refractivity contribution in [3.05, 3.63) is 29.8 Å². The molecular weight excluding hydrogens is 202 g/mol. The number of nitrogens with zero attached hydrogens (tertiary/aromatic N) is 4. The predicted molar refractivity (Wildman–Crippen MR) is 63.4 cm³/mol. The summed E-state index contributed by atoms with van der Waals surface area (Å²) in [6, 6.07) is 2.04. The summed E-state index contributed by atoms with van der Waals surface area (Å²) in [5.74, 6) is 0.916. The van der Waals surface area contributed by atoms with Crippen molar-refractivity contribution in [1.29, 1.82) is 0 Å². The van der Waals surface area contributed by atoms with E-state index in [1.807, 2.05) is 38.0 Å². The average Bonchev–Trinajstić information content (AvgIpc) is 2.81. The minimum absolute atomic E-state index is 0.913. The van der Waals surface area contributed by atoms with Gasteiger partial charge in [-0.15, -0.1) is 0 Å². The van der Waals surface area contributed by atoms with Crippen LogP contribution in [0.3, 0.4) is 0 Å². The predicted octanol–water partition coefficient (Wildman–Crippen LogP) is 1.21. The summed E-state index contributed by atoms with van der Waals surface area (Å²) in [7, 11) is 3.86. The molecule has 0 fully saturated rings. The first kappa shape index (κ1) is 10.7. The van der Waals surface area contributed by atoms with Crippen LogP contribution in [0, 0.1) is 6.92 Å². The molecule has 0 atom stereocenters. The highest BCUT2D eigenvalue weighted by Crippen LogP contribution is 2.09. The minimum atomic E-state index is 0.913. The van der Waals surface area contributed by atoms with Gasteiger partial charge >= 0.3 is 0 Å². The fourth-order valence-electron chi connectivity index (χ4n) is 1.80. The molecule has 2 heterocycles. The number of aryl methyl sites for hydroxylation is 4. The third-order valence-electron chi connectivity index (χ3n) is 2.65. The van der Waals surface area contributed by atoms with E-state index in [1.165, 1.54) is 5.69 Å². The minimum Gasteiger partial charge on any atom is -0.359 e. The van der Waals surface area contributed by atoms with Gasteiger partial charge in [-0.1, -0.05) is 0 Å². The molecular formula is C11H17N5. The number of hydrogen-bond acceptors (Lipinski definition) is 3. The topological polar surface area (TPSA) is 47.7 Å². The van der Waals surface area contributed by atoms with Gasteiger partial charge in [-0.2, -0.15) is 5.10 Å². The fourth-order valence-corrected chi connectivity index (χ4v) is 1.80. The van der Waals surface area contributed by atoms with Gasteiger partial charge in [0.25, 0.3) is 0 Å². The van der Waals surface area contributed by atoms with Gasteiger partial charge in [0.15, 0.2) is 0 Å². The molecule has 0 unspecified atom stereocenters. The Balaban J connectivity index is 2.07. The molecule has 0 aliphatic heterocycles. The van der Waals surface area contributed by atoms with Gasteiger partial charge in [-0.05, 0) is 13.0 Å². The van der Waals surface area contributed by atoms with Crippen molar-refractivity contribution in [2.24, 2.45) is 7.05 Å². The molecule has 5 heteroatoms. The quantitative estimate of drug-likeness (QED) is 0.840. The average molecular weight is 219 g/mol. The van der Waals surface area contributed by atoms with Crippen LogP contribution in [0.5, 0.6) is 0 Å². The van der Waals surface area contributed by atoms with Crippen LogP contribution in [-0.2, 0) is 20.0 Å². The zero-order valence-electron chi connectivity index (χ0n) is 9.94. The van der Waals surface area contributed by atoms with Crippen LogP contribution in [0.1, 0.15) is 11.4 Å². The number of nitrogens with one attached hydrogen (secondary N) is 1. The highest BCUT2D eigenvalue weighted by molar-refractivity contribution is 5.27. The number of anilines is 1. The Labute approximate surface area is 95.1 Å². The van der Waals surface area contributed by atoms with Crippen LogP contribution in [0.4, 0.5) is 5.95 Å². The molecule has 2 aromatic heterocycles. The Bertz CT molecular complexity index is 468. The molecule has 0 saturated carbocycles. The van der Waals surface area contributed by atoms with E-state index in [0.29, 0.717) is 0 Å². The summed E-state index contributed by atoms with van der Waals surface area (Å²) in [4.78, 5) is 4.38. The smallest absolute Gasteiger partial charge is 0.202 e. The largest absolute Gasteiger partial charge is 0.359 e. The van der Waals surface area contributed by atoms with Gasteiger partial charge < -0.3 is 9.88 Å². The van der Waals surface area contributed by atoms with Crippen molar-refractivity contribution in [3.8, 4) is 0 Å². The first-order chi connectivity index (χ1) is 7.70. The number of imidazole rings is 1. The van der Waals surface area contributed by atoms with Gasteiger partial charge in [0.05, 0.1) is 5.69 Å². The molecule has 5 nitrogen and oxygen atoms in total. The zero-order valence-corrected chi connectivity index (χ0v) is 9.94. The van der Waals surface area contributed by atoms with E-state index in [-0.39, 0.29) is 0 Å². The van der Waals surface area contributed by atoms with E-state index in [1.54, 1.807) is 0 Å². The second-order valence-corrected chi connectivity index (χ2v) is 3.85. The van der Waals surface area contributed by atoms with Gasteiger partial charge in [0.2, 0.25) is 5.95 Å².